The first-order valence-electron chi connectivity index (χ1n) is 10.2. The molecular formula is C24H23N3O3. The molecule has 0 spiro atoms. The zero-order chi connectivity index (χ0) is 20.7. The maximum Gasteiger partial charge on any atom is 0.258 e. The van der Waals surface area contributed by atoms with Gasteiger partial charge < -0.3 is 19.2 Å². The monoisotopic (exact) mass is 401 g/mol. The van der Waals surface area contributed by atoms with E-state index in [4.69, 9.17) is 4.74 Å². The van der Waals surface area contributed by atoms with Crippen LogP contribution in [0.3, 0.4) is 0 Å². The van der Waals surface area contributed by atoms with E-state index >= 15 is 0 Å². The first kappa shape index (κ1) is 18.6. The number of aromatic amines is 1. The van der Waals surface area contributed by atoms with Gasteiger partial charge in [0.1, 0.15) is 0 Å². The van der Waals surface area contributed by atoms with Crippen LogP contribution in [0.2, 0.25) is 0 Å². The van der Waals surface area contributed by atoms with Gasteiger partial charge in [-0.2, -0.15) is 0 Å². The fourth-order valence-electron chi connectivity index (χ4n) is 4.38. The number of amides is 1. The Morgan fingerprint density at radius 3 is 2.60 bits per heavy atom. The van der Waals surface area contributed by atoms with Crippen molar-refractivity contribution in [2.75, 3.05) is 20.3 Å². The first-order valence-corrected chi connectivity index (χ1v) is 10.2. The number of nitrogens with zero attached hydrogens (tertiary/aromatic N) is 2. The summed E-state index contributed by atoms with van der Waals surface area (Å²) < 4.78 is 6.73. The lowest BCUT2D eigenvalue weighted by atomic mass is 10.0. The third kappa shape index (κ3) is 3.00. The predicted octanol–water partition coefficient (Wildman–Crippen LogP) is 3.33. The van der Waals surface area contributed by atoms with E-state index in [0.717, 1.165) is 11.9 Å². The highest BCUT2D eigenvalue weighted by molar-refractivity contribution is 6.06. The standard InChI is InChI=1S/C24H23N3O3/c1-30-13-12-27-15-20(16-6-2-3-8-18(16)23(27)28)24(29)26-11-10-22-19(14-26)17-7-4-5-9-21(17)25-22/h2-9,15,25H,10-14H2,1H3. The summed E-state index contributed by atoms with van der Waals surface area (Å²) >= 11 is 0. The molecule has 1 aliphatic heterocycles. The zero-order valence-corrected chi connectivity index (χ0v) is 16.9. The summed E-state index contributed by atoms with van der Waals surface area (Å²) in [6, 6.07) is 15.5. The molecule has 0 fully saturated rings. The van der Waals surface area contributed by atoms with E-state index < -0.39 is 0 Å². The van der Waals surface area contributed by atoms with Crippen molar-refractivity contribution in [3.8, 4) is 0 Å². The second-order valence-corrected chi connectivity index (χ2v) is 7.68. The Bertz CT molecular complexity index is 1320. The summed E-state index contributed by atoms with van der Waals surface area (Å²) in [4.78, 5) is 31.8. The van der Waals surface area contributed by atoms with E-state index in [9.17, 15) is 9.59 Å². The Hall–Kier alpha value is -3.38. The molecule has 6 nitrogen and oxygen atoms in total. The van der Waals surface area contributed by atoms with Crippen molar-refractivity contribution >= 4 is 27.6 Å². The lowest BCUT2D eigenvalue weighted by molar-refractivity contribution is 0.0736. The summed E-state index contributed by atoms with van der Waals surface area (Å²) in [6.45, 7) is 2.02. The molecule has 1 aliphatic rings. The molecule has 2 aromatic carbocycles. The smallest absolute Gasteiger partial charge is 0.258 e. The summed E-state index contributed by atoms with van der Waals surface area (Å²) in [5.41, 5.74) is 3.95. The van der Waals surface area contributed by atoms with Gasteiger partial charge in [0.25, 0.3) is 11.5 Å². The molecule has 1 N–H and O–H groups in total. The second kappa shape index (κ2) is 7.46. The van der Waals surface area contributed by atoms with Gasteiger partial charge in [-0.25, -0.2) is 0 Å². The fraction of sp³-hybridized carbons (Fsp3) is 0.250. The van der Waals surface area contributed by atoms with Crippen LogP contribution in [0.5, 0.6) is 0 Å². The van der Waals surface area contributed by atoms with Gasteiger partial charge in [0.2, 0.25) is 0 Å². The number of H-pyrrole nitrogens is 1. The largest absolute Gasteiger partial charge is 0.383 e. The molecule has 4 aromatic rings. The Balaban J connectivity index is 1.56. The number of ether oxygens (including phenoxy) is 1. The summed E-state index contributed by atoms with van der Waals surface area (Å²) in [5, 5.41) is 2.43. The third-order valence-corrected chi connectivity index (χ3v) is 5.93. The zero-order valence-electron chi connectivity index (χ0n) is 16.9. The molecule has 6 heteroatoms. The summed E-state index contributed by atoms with van der Waals surface area (Å²) in [6.07, 6.45) is 2.48. The number of aromatic nitrogens is 2. The number of carbonyl (C=O) groups excluding carboxylic acids is 1. The van der Waals surface area contributed by atoms with Gasteiger partial charge in [0.05, 0.1) is 12.2 Å². The minimum absolute atomic E-state index is 0.0479. The van der Waals surface area contributed by atoms with Crippen molar-refractivity contribution < 1.29 is 9.53 Å². The molecule has 0 saturated heterocycles. The number of fused-ring (bicyclic) bond motifs is 4. The van der Waals surface area contributed by atoms with E-state index in [0.29, 0.717) is 42.6 Å². The van der Waals surface area contributed by atoms with Crippen LogP contribution in [0.25, 0.3) is 21.7 Å². The van der Waals surface area contributed by atoms with E-state index in [1.807, 2.05) is 35.2 Å². The molecule has 0 atom stereocenters. The summed E-state index contributed by atoms with van der Waals surface area (Å²) in [7, 11) is 1.60. The number of carbonyl (C=O) groups is 1. The van der Waals surface area contributed by atoms with Gasteiger partial charge in [-0.1, -0.05) is 36.4 Å². The first-order chi connectivity index (χ1) is 14.7. The minimum Gasteiger partial charge on any atom is -0.383 e. The molecule has 0 radical (unpaired) electrons. The van der Waals surface area contributed by atoms with Crippen molar-refractivity contribution in [3.05, 3.63) is 81.9 Å². The van der Waals surface area contributed by atoms with Gasteiger partial charge in [-0.05, 0) is 12.1 Å². The molecule has 0 unspecified atom stereocenters. The molecule has 2 aromatic heterocycles. The van der Waals surface area contributed by atoms with E-state index in [2.05, 4.69) is 17.1 Å². The normalized spacial score (nSPS) is 13.7. The Kier molecular flexibility index (Phi) is 4.64. The van der Waals surface area contributed by atoms with Crippen LogP contribution >= 0.6 is 0 Å². The van der Waals surface area contributed by atoms with E-state index in [1.54, 1.807) is 23.9 Å². The number of pyridine rings is 1. The highest BCUT2D eigenvalue weighted by Gasteiger charge is 2.26. The van der Waals surface area contributed by atoms with Crippen LogP contribution in [0.15, 0.2) is 59.5 Å². The number of nitrogens with one attached hydrogen (secondary N) is 1. The fourth-order valence-corrected chi connectivity index (χ4v) is 4.38. The Morgan fingerprint density at radius 2 is 1.80 bits per heavy atom. The van der Waals surface area contributed by atoms with Gasteiger partial charge in [0.15, 0.2) is 0 Å². The van der Waals surface area contributed by atoms with Gasteiger partial charge in [0, 0.05) is 72.3 Å². The number of para-hydroxylation sites is 1. The molecule has 0 saturated carbocycles. The molecule has 30 heavy (non-hydrogen) atoms. The molecule has 0 aliphatic carbocycles. The number of hydrogen-bond acceptors (Lipinski definition) is 3. The van der Waals surface area contributed by atoms with Gasteiger partial charge in [-0.15, -0.1) is 0 Å². The molecule has 3 heterocycles. The number of methoxy groups -OCH3 is 1. The molecule has 1 amide bonds. The molecule has 5 rings (SSSR count). The van der Waals surface area contributed by atoms with E-state index in [-0.39, 0.29) is 11.5 Å². The number of hydrogen-bond donors (Lipinski definition) is 1. The van der Waals surface area contributed by atoms with Crippen LogP contribution in [0.4, 0.5) is 0 Å². The lowest BCUT2D eigenvalue weighted by Gasteiger charge is -2.28. The highest BCUT2D eigenvalue weighted by atomic mass is 16.5. The van der Waals surface area contributed by atoms with Gasteiger partial charge >= 0.3 is 0 Å². The Morgan fingerprint density at radius 1 is 1.07 bits per heavy atom. The average Bonchev–Trinajstić information content (AvgIpc) is 3.16. The van der Waals surface area contributed by atoms with Crippen molar-refractivity contribution in [1.82, 2.24) is 14.5 Å². The third-order valence-electron chi connectivity index (χ3n) is 5.93. The number of benzene rings is 2. The van der Waals surface area contributed by atoms with Crippen molar-refractivity contribution in [2.45, 2.75) is 19.5 Å². The van der Waals surface area contributed by atoms with Crippen molar-refractivity contribution in [2.24, 2.45) is 0 Å². The molecule has 0 bridgehead atoms. The Labute approximate surface area is 173 Å². The van der Waals surface area contributed by atoms with Crippen LogP contribution in [0.1, 0.15) is 21.6 Å². The average molecular weight is 401 g/mol. The van der Waals surface area contributed by atoms with Crippen LogP contribution in [-0.2, 0) is 24.2 Å². The summed E-state index contributed by atoms with van der Waals surface area (Å²) in [5.74, 6) is -0.0479. The second-order valence-electron chi connectivity index (χ2n) is 7.68. The lowest BCUT2D eigenvalue weighted by Crippen LogP contribution is -2.37. The molecular weight excluding hydrogens is 378 g/mol. The molecule has 152 valence electrons. The SMILES string of the molecule is COCCn1cc(C(=O)N2CCc3[nH]c4ccccc4c3C2)c2ccccc2c1=O. The van der Waals surface area contributed by atoms with Crippen LogP contribution in [-0.4, -0.2) is 40.6 Å². The van der Waals surface area contributed by atoms with E-state index in [1.165, 1.54) is 16.6 Å². The topological polar surface area (TPSA) is 67.3 Å². The minimum atomic E-state index is -0.100. The predicted molar refractivity (Wildman–Crippen MR) is 117 cm³/mol. The van der Waals surface area contributed by atoms with Gasteiger partial charge in [-0.3, -0.25) is 9.59 Å². The quantitative estimate of drug-likeness (QED) is 0.570. The maximum absolute atomic E-state index is 13.6. The van der Waals surface area contributed by atoms with Crippen LogP contribution < -0.4 is 5.56 Å². The maximum atomic E-state index is 13.6. The number of rotatable bonds is 4. The van der Waals surface area contributed by atoms with Crippen molar-refractivity contribution in [3.63, 3.8) is 0 Å². The van der Waals surface area contributed by atoms with Crippen molar-refractivity contribution in [1.29, 1.82) is 0 Å². The van der Waals surface area contributed by atoms with Crippen LogP contribution in [0, 0.1) is 0 Å². The highest BCUT2D eigenvalue weighted by Crippen LogP contribution is 2.29.